The highest BCUT2D eigenvalue weighted by atomic mass is 15.3. The molecule has 3 atom stereocenters. The Kier molecular flexibility index (Phi) is 5.09. The molecule has 0 radical (unpaired) electrons. The van der Waals surface area contributed by atoms with E-state index in [-0.39, 0.29) is 6.04 Å². The van der Waals surface area contributed by atoms with E-state index in [1.807, 2.05) is 6.92 Å². The highest BCUT2D eigenvalue weighted by Crippen LogP contribution is 2.37. The second-order valence-corrected chi connectivity index (χ2v) is 9.53. The number of likely N-dealkylation sites (N-methyl/N-ethyl adjacent to an activating group) is 1. The van der Waals surface area contributed by atoms with E-state index in [1.165, 1.54) is 46.0 Å². The van der Waals surface area contributed by atoms with E-state index in [4.69, 9.17) is 0 Å². The van der Waals surface area contributed by atoms with Gasteiger partial charge in [-0.25, -0.2) is 0 Å². The van der Waals surface area contributed by atoms with Crippen LogP contribution in [-0.4, -0.2) is 47.3 Å². The zero-order valence-electron chi connectivity index (χ0n) is 19.3. The molecule has 2 saturated heterocycles. The van der Waals surface area contributed by atoms with Gasteiger partial charge in [-0.1, -0.05) is 24.3 Å². The van der Waals surface area contributed by atoms with Crippen LogP contribution in [0.3, 0.4) is 0 Å². The van der Waals surface area contributed by atoms with Crippen molar-refractivity contribution in [3.8, 4) is 0 Å². The number of piperazine rings is 1. The van der Waals surface area contributed by atoms with Crippen LogP contribution >= 0.6 is 0 Å². The largest absolute Gasteiger partial charge is 0.363 e. The van der Waals surface area contributed by atoms with Crippen molar-refractivity contribution in [1.29, 1.82) is 0 Å². The normalized spacial score (nSPS) is 22.2. The first-order valence-electron chi connectivity index (χ1n) is 11.5. The fraction of sp³-hybridized carbons (Fsp3) is 0.462. The highest BCUT2D eigenvalue weighted by molar-refractivity contribution is 5.95. The average molecular weight is 416 g/mol. The van der Waals surface area contributed by atoms with Gasteiger partial charge in [-0.05, 0) is 76.4 Å². The maximum atomic E-state index is 4.59. The minimum Gasteiger partial charge on any atom is -0.363 e. The van der Waals surface area contributed by atoms with Crippen LogP contribution in [0.5, 0.6) is 0 Å². The molecule has 31 heavy (non-hydrogen) atoms. The first kappa shape index (κ1) is 20.3. The maximum Gasteiger partial charge on any atom is 0.157 e. The number of hydrogen-bond acceptors (Lipinski definition) is 5. The van der Waals surface area contributed by atoms with Crippen LogP contribution in [0.15, 0.2) is 36.4 Å². The van der Waals surface area contributed by atoms with Gasteiger partial charge >= 0.3 is 0 Å². The summed E-state index contributed by atoms with van der Waals surface area (Å²) in [5, 5.41) is 15.1. The predicted octanol–water partition coefficient (Wildman–Crippen LogP) is 5.01. The van der Waals surface area contributed by atoms with Crippen molar-refractivity contribution >= 4 is 22.3 Å². The Balaban J connectivity index is 1.52. The van der Waals surface area contributed by atoms with Crippen molar-refractivity contribution in [3.05, 3.63) is 58.8 Å². The lowest BCUT2D eigenvalue weighted by molar-refractivity contribution is 0.265. The molecule has 2 unspecified atom stereocenters. The third kappa shape index (κ3) is 3.55. The summed E-state index contributed by atoms with van der Waals surface area (Å²) in [5.74, 6) is 0.873. The maximum absolute atomic E-state index is 4.59. The van der Waals surface area contributed by atoms with Crippen LogP contribution in [0.25, 0.3) is 10.8 Å². The van der Waals surface area contributed by atoms with Gasteiger partial charge in [0.15, 0.2) is 5.82 Å². The minimum absolute atomic E-state index is 0.156. The summed E-state index contributed by atoms with van der Waals surface area (Å²) < 4.78 is 0. The van der Waals surface area contributed by atoms with E-state index in [0.29, 0.717) is 12.1 Å². The molecule has 2 aromatic carbocycles. The minimum atomic E-state index is 0.156. The molecule has 2 fully saturated rings. The molecule has 0 spiro atoms. The fourth-order valence-corrected chi connectivity index (χ4v) is 5.60. The Labute approximate surface area is 185 Å². The smallest absolute Gasteiger partial charge is 0.157 e. The number of aryl methyl sites for hydroxylation is 2. The Hall–Kier alpha value is -2.66. The average Bonchev–Trinajstić information content (AvgIpc) is 3.02. The number of nitrogens with one attached hydrogen (secondary N) is 1. The van der Waals surface area contributed by atoms with Crippen LogP contribution in [0.1, 0.15) is 48.2 Å². The molecule has 1 aromatic heterocycles. The number of aromatic nitrogens is 2. The van der Waals surface area contributed by atoms with Gasteiger partial charge in [0, 0.05) is 41.6 Å². The van der Waals surface area contributed by atoms with Gasteiger partial charge in [-0.15, -0.1) is 5.10 Å². The van der Waals surface area contributed by atoms with Crippen LogP contribution < -0.4 is 10.2 Å². The first-order valence-corrected chi connectivity index (χ1v) is 11.5. The summed E-state index contributed by atoms with van der Waals surface area (Å²) in [7, 11) is 2.25. The molecule has 3 heterocycles. The van der Waals surface area contributed by atoms with Crippen molar-refractivity contribution in [2.24, 2.45) is 0 Å². The van der Waals surface area contributed by atoms with Gasteiger partial charge in [0.2, 0.25) is 0 Å². The number of fused-ring (bicyclic) bond motifs is 3. The lowest BCUT2D eigenvalue weighted by Gasteiger charge is -2.41. The van der Waals surface area contributed by atoms with E-state index >= 15 is 0 Å². The number of rotatable bonds is 4. The topological polar surface area (TPSA) is 44.3 Å². The molecule has 0 aliphatic carbocycles. The van der Waals surface area contributed by atoms with Crippen LogP contribution in [0, 0.1) is 20.8 Å². The monoisotopic (exact) mass is 415 g/mol. The predicted molar refractivity (Wildman–Crippen MR) is 129 cm³/mol. The van der Waals surface area contributed by atoms with E-state index in [9.17, 15) is 0 Å². The highest BCUT2D eigenvalue weighted by Gasteiger charge is 2.38. The molecule has 5 rings (SSSR count). The molecule has 5 nitrogen and oxygen atoms in total. The van der Waals surface area contributed by atoms with Crippen LogP contribution in [-0.2, 0) is 0 Å². The van der Waals surface area contributed by atoms with E-state index in [0.717, 1.165) is 24.6 Å². The number of anilines is 2. The van der Waals surface area contributed by atoms with Crippen molar-refractivity contribution in [2.45, 2.75) is 58.7 Å². The van der Waals surface area contributed by atoms with Gasteiger partial charge in [0.25, 0.3) is 0 Å². The van der Waals surface area contributed by atoms with Crippen molar-refractivity contribution in [1.82, 2.24) is 15.1 Å². The molecule has 2 aliphatic rings. The Bertz CT molecular complexity index is 1110. The van der Waals surface area contributed by atoms with Gasteiger partial charge < -0.3 is 15.1 Å². The third-order valence-electron chi connectivity index (χ3n) is 7.38. The second kappa shape index (κ2) is 7.79. The molecule has 3 aromatic rings. The molecule has 1 N–H and O–H groups in total. The number of benzene rings is 2. The van der Waals surface area contributed by atoms with E-state index < -0.39 is 0 Å². The number of nitrogens with zero attached hydrogens (tertiary/aromatic N) is 4. The van der Waals surface area contributed by atoms with Gasteiger partial charge in [0.05, 0.1) is 11.7 Å². The molecule has 5 heteroatoms. The molecule has 0 amide bonds. The quantitative estimate of drug-likeness (QED) is 0.649. The summed E-state index contributed by atoms with van der Waals surface area (Å²) in [6.45, 7) is 10.9. The summed E-state index contributed by atoms with van der Waals surface area (Å²) in [6, 6.07) is 14.8. The Morgan fingerprint density at radius 2 is 1.71 bits per heavy atom. The third-order valence-corrected chi connectivity index (χ3v) is 7.38. The standard InChI is InChI=1S/C26H33N5/c1-16-7-6-8-23(17(16)2)18(3)27-26-25-13-20(11-12-24(25)19(4)28-29-26)31-21-9-10-22(31)15-30(5)14-21/h6-8,11-13,18,21-22H,9-10,14-15H2,1-5H3,(H,27,29)/t18-,21?,22?/m1/s1. The molecule has 2 aliphatic heterocycles. The van der Waals surface area contributed by atoms with Crippen LogP contribution in [0.2, 0.25) is 0 Å². The van der Waals surface area contributed by atoms with Crippen molar-refractivity contribution in [2.75, 3.05) is 30.4 Å². The zero-order valence-corrected chi connectivity index (χ0v) is 19.3. The summed E-state index contributed by atoms with van der Waals surface area (Å²) in [5.41, 5.74) is 6.26. The lowest BCUT2D eigenvalue weighted by atomic mass is 9.98. The molecule has 2 bridgehead atoms. The summed E-state index contributed by atoms with van der Waals surface area (Å²) >= 11 is 0. The summed E-state index contributed by atoms with van der Waals surface area (Å²) in [4.78, 5) is 5.14. The Morgan fingerprint density at radius 1 is 0.968 bits per heavy atom. The molecule has 0 saturated carbocycles. The molecular weight excluding hydrogens is 382 g/mol. The number of hydrogen-bond donors (Lipinski definition) is 1. The SMILES string of the molecule is Cc1cccc([C@@H](C)Nc2nnc(C)c3ccc(N4C5CCC4CN(C)C5)cc23)c1C. The fourth-order valence-electron chi connectivity index (χ4n) is 5.60. The number of likely N-dealkylation sites (tertiary alicyclic amines) is 1. The molecule has 162 valence electrons. The molecular formula is C26H33N5. The van der Waals surface area contributed by atoms with Crippen molar-refractivity contribution in [3.63, 3.8) is 0 Å². The Morgan fingerprint density at radius 3 is 2.45 bits per heavy atom. The van der Waals surface area contributed by atoms with Gasteiger partial charge in [-0.2, -0.15) is 5.10 Å². The second-order valence-electron chi connectivity index (χ2n) is 9.53. The lowest BCUT2D eigenvalue weighted by Crippen LogP contribution is -2.52. The summed E-state index contributed by atoms with van der Waals surface area (Å²) in [6.07, 6.45) is 2.57. The van der Waals surface area contributed by atoms with Crippen molar-refractivity contribution < 1.29 is 0 Å². The van der Waals surface area contributed by atoms with Crippen LogP contribution in [0.4, 0.5) is 11.5 Å². The van der Waals surface area contributed by atoms with Gasteiger partial charge in [-0.3, -0.25) is 0 Å². The van der Waals surface area contributed by atoms with E-state index in [1.54, 1.807) is 0 Å². The van der Waals surface area contributed by atoms with E-state index in [2.05, 4.69) is 89.5 Å². The zero-order chi connectivity index (χ0) is 21.7. The van der Waals surface area contributed by atoms with Gasteiger partial charge in [0.1, 0.15) is 0 Å². The first-order chi connectivity index (χ1) is 14.9.